The third-order valence-corrected chi connectivity index (χ3v) is 4.01. The van der Waals surface area contributed by atoms with Gasteiger partial charge in [-0.05, 0) is 25.0 Å². The third kappa shape index (κ3) is 2.80. The molecule has 20 heavy (non-hydrogen) atoms. The van der Waals surface area contributed by atoms with Gasteiger partial charge < -0.3 is 5.32 Å². The van der Waals surface area contributed by atoms with Gasteiger partial charge in [0.2, 0.25) is 0 Å². The summed E-state index contributed by atoms with van der Waals surface area (Å²) in [4.78, 5) is 4.12. The standard InChI is InChI=1S/C16H18F2N2/c17-13-5-1-2-6-15(13)20-10-12-8-11-4-3-7-19-16(11)9-14(12)18/h3-4,7-9,13,15,20H,1-2,5-6,10H2. The van der Waals surface area contributed by atoms with E-state index in [1.54, 1.807) is 12.3 Å². The van der Waals surface area contributed by atoms with E-state index in [1.165, 1.54) is 6.07 Å². The molecule has 106 valence electrons. The zero-order valence-electron chi connectivity index (χ0n) is 11.3. The van der Waals surface area contributed by atoms with Gasteiger partial charge in [0.25, 0.3) is 0 Å². The Hall–Kier alpha value is -1.55. The van der Waals surface area contributed by atoms with E-state index in [2.05, 4.69) is 10.3 Å². The van der Waals surface area contributed by atoms with Crippen LogP contribution >= 0.6 is 0 Å². The number of benzene rings is 1. The number of pyridine rings is 1. The summed E-state index contributed by atoms with van der Waals surface area (Å²) < 4.78 is 27.7. The van der Waals surface area contributed by atoms with Crippen molar-refractivity contribution in [3.05, 3.63) is 41.8 Å². The molecule has 0 saturated heterocycles. The summed E-state index contributed by atoms with van der Waals surface area (Å²) >= 11 is 0. The highest BCUT2D eigenvalue weighted by Gasteiger charge is 2.24. The smallest absolute Gasteiger partial charge is 0.129 e. The number of halogens is 2. The summed E-state index contributed by atoms with van der Waals surface area (Å²) in [5.74, 6) is -0.282. The van der Waals surface area contributed by atoms with Crippen molar-refractivity contribution in [3.8, 4) is 0 Å². The fourth-order valence-corrected chi connectivity index (χ4v) is 2.83. The Labute approximate surface area is 117 Å². The maximum atomic E-state index is 14.0. The second kappa shape index (κ2) is 5.83. The third-order valence-electron chi connectivity index (χ3n) is 4.01. The SMILES string of the molecule is Fc1cc2ncccc2cc1CNC1CCCCC1F. The number of nitrogens with one attached hydrogen (secondary N) is 1. The van der Waals surface area contributed by atoms with Crippen LogP contribution in [-0.2, 0) is 6.54 Å². The molecule has 1 N–H and O–H groups in total. The number of aromatic nitrogens is 1. The first kappa shape index (κ1) is 13.4. The number of nitrogens with zero attached hydrogens (tertiary/aromatic N) is 1. The van der Waals surface area contributed by atoms with Crippen molar-refractivity contribution < 1.29 is 8.78 Å². The Morgan fingerprint density at radius 3 is 2.95 bits per heavy atom. The molecule has 0 radical (unpaired) electrons. The monoisotopic (exact) mass is 276 g/mol. The van der Waals surface area contributed by atoms with Gasteiger partial charge in [-0.1, -0.05) is 18.9 Å². The van der Waals surface area contributed by atoms with Gasteiger partial charge in [0.05, 0.1) is 5.52 Å². The van der Waals surface area contributed by atoms with Crippen LogP contribution in [0.4, 0.5) is 8.78 Å². The molecule has 2 atom stereocenters. The molecule has 2 unspecified atom stereocenters. The van der Waals surface area contributed by atoms with Crippen molar-refractivity contribution in [1.82, 2.24) is 10.3 Å². The summed E-state index contributed by atoms with van der Waals surface area (Å²) in [6.07, 6.45) is 4.28. The zero-order chi connectivity index (χ0) is 13.9. The van der Waals surface area contributed by atoms with E-state index in [-0.39, 0.29) is 11.9 Å². The molecule has 1 aliphatic rings. The number of hydrogen-bond donors (Lipinski definition) is 1. The average molecular weight is 276 g/mol. The molecule has 1 fully saturated rings. The van der Waals surface area contributed by atoms with Crippen LogP contribution < -0.4 is 5.32 Å². The lowest BCUT2D eigenvalue weighted by atomic mass is 9.93. The van der Waals surface area contributed by atoms with Crippen LogP contribution in [0, 0.1) is 5.82 Å². The Balaban J connectivity index is 1.75. The number of rotatable bonds is 3. The predicted molar refractivity (Wildman–Crippen MR) is 75.7 cm³/mol. The first-order chi connectivity index (χ1) is 9.74. The molecule has 0 bridgehead atoms. The van der Waals surface area contributed by atoms with E-state index in [0.29, 0.717) is 24.0 Å². The molecular formula is C16H18F2N2. The molecule has 3 rings (SSSR count). The van der Waals surface area contributed by atoms with E-state index in [9.17, 15) is 8.78 Å². The highest BCUT2D eigenvalue weighted by Crippen LogP contribution is 2.22. The van der Waals surface area contributed by atoms with Crippen LogP contribution in [0.2, 0.25) is 0 Å². The Kier molecular flexibility index (Phi) is 3.92. The van der Waals surface area contributed by atoms with E-state index in [1.807, 2.05) is 12.1 Å². The quantitative estimate of drug-likeness (QED) is 0.923. The van der Waals surface area contributed by atoms with Crippen molar-refractivity contribution >= 4 is 10.9 Å². The molecule has 1 aromatic carbocycles. The van der Waals surface area contributed by atoms with Gasteiger partial charge in [-0.3, -0.25) is 4.98 Å². The summed E-state index contributed by atoms with van der Waals surface area (Å²) in [5, 5.41) is 4.07. The fraction of sp³-hybridized carbons (Fsp3) is 0.438. The first-order valence-electron chi connectivity index (χ1n) is 7.14. The van der Waals surface area contributed by atoms with E-state index in [4.69, 9.17) is 0 Å². The van der Waals surface area contributed by atoms with Gasteiger partial charge >= 0.3 is 0 Å². The zero-order valence-corrected chi connectivity index (χ0v) is 11.3. The normalized spacial score (nSPS) is 23.1. The van der Waals surface area contributed by atoms with Crippen LogP contribution in [0.25, 0.3) is 10.9 Å². The molecule has 1 heterocycles. The van der Waals surface area contributed by atoms with Crippen molar-refractivity contribution in [1.29, 1.82) is 0 Å². The van der Waals surface area contributed by atoms with Crippen LogP contribution in [0.1, 0.15) is 31.2 Å². The summed E-state index contributed by atoms with van der Waals surface area (Å²) in [6.45, 7) is 0.363. The van der Waals surface area contributed by atoms with E-state index >= 15 is 0 Å². The second-order valence-electron chi connectivity index (χ2n) is 5.43. The van der Waals surface area contributed by atoms with Gasteiger partial charge in [-0.2, -0.15) is 0 Å². The Morgan fingerprint density at radius 1 is 1.25 bits per heavy atom. The van der Waals surface area contributed by atoms with Crippen LogP contribution in [0.15, 0.2) is 30.5 Å². The molecular weight excluding hydrogens is 258 g/mol. The minimum Gasteiger partial charge on any atom is -0.307 e. The predicted octanol–water partition coefficient (Wildman–Crippen LogP) is 3.74. The van der Waals surface area contributed by atoms with E-state index in [0.717, 1.165) is 24.6 Å². The number of fused-ring (bicyclic) bond motifs is 1. The van der Waals surface area contributed by atoms with E-state index < -0.39 is 6.17 Å². The van der Waals surface area contributed by atoms with Gasteiger partial charge in [0.15, 0.2) is 0 Å². The largest absolute Gasteiger partial charge is 0.307 e. The highest BCUT2D eigenvalue weighted by molar-refractivity contribution is 5.79. The maximum absolute atomic E-state index is 14.0. The van der Waals surface area contributed by atoms with Gasteiger partial charge in [0.1, 0.15) is 12.0 Å². The van der Waals surface area contributed by atoms with Crippen molar-refractivity contribution in [3.63, 3.8) is 0 Å². The van der Waals surface area contributed by atoms with Gasteiger partial charge in [-0.15, -0.1) is 0 Å². The number of alkyl halides is 1. The lowest BCUT2D eigenvalue weighted by Crippen LogP contribution is -2.39. The minimum atomic E-state index is -0.811. The van der Waals surface area contributed by atoms with Crippen LogP contribution in [0.5, 0.6) is 0 Å². The molecule has 4 heteroatoms. The molecule has 0 spiro atoms. The minimum absolute atomic E-state index is 0.146. The van der Waals surface area contributed by atoms with Crippen LogP contribution in [-0.4, -0.2) is 17.2 Å². The summed E-state index contributed by atoms with van der Waals surface area (Å²) in [5.41, 5.74) is 1.22. The Morgan fingerprint density at radius 2 is 2.10 bits per heavy atom. The summed E-state index contributed by atoms with van der Waals surface area (Å²) in [7, 11) is 0. The molecule has 1 aliphatic carbocycles. The van der Waals surface area contributed by atoms with Crippen molar-refractivity contribution in [2.24, 2.45) is 0 Å². The average Bonchev–Trinajstić information content (AvgIpc) is 2.46. The first-order valence-corrected chi connectivity index (χ1v) is 7.14. The van der Waals surface area contributed by atoms with Crippen molar-refractivity contribution in [2.75, 3.05) is 0 Å². The number of hydrogen-bond acceptors (Lipinski definition) is 2. The summed E-state index contributed by atoms with van der Waals surface area (Å²) in [6, 6.07) is 6.83. The molecule has 1 saturated carbocycles. The topological polar surface area (TPSA) is 24.9 Å². The molecule has 2 aromatic rings. The molecule has 1 aromatic heterocycles. The maximum Gasteiger partial charge on any atom is 0.129 e. The molecule has 2 nitrogen and oxygen atoms in total. The lowest BCUT2D eigenvalue weighted by molar-refractivity contribution is 0.188. The van der Waals surface area contributed by atoms with Crippen LogP contribution in [0.3, 0.4) is 0 Å². The Bertz CT molecular complexity index is 600. The van der Waals surface area contributed by atoms with Gasteiger partial charge in [0, 0.05) is 35.8 Å². The van der Waals surface area contributed by atoms with Gasteiger partial charge in [-0.25, -0.2) is 8.78 Å². The lowest BCUT2D eigenvalue weighted by Gasteiger charge is -2.27. The molecule has 0 aliphatic heterocycles. The van der Waals surface area contributed by atoms with Crippen molar-refractivity contribution in [2.45, 2.75) is 44.4 Å². The highest BCUT2D eigenvalue weighted by atomic mass is 19.1. The second-order valence-corrected chi connectivity index (χ2v) is 5.43. The fourth-order valence-electron chi connectivity index (χ4n) is 2.83. The molecule has 0 amide bonds.